The van der Waals surface area contributed by atoms with Gasteiger partial charge in [-0.05, 0) is 26.0 Å². The first-order chi connectivity index (χ1) is 9.82. The fraction of sp³-hybridized carbons (Fsp3) is 0.417. The number of aryl methyl sites for hydroxylation is 1. The molecule has 0 radical (unpaired) electrons. The number of aromatic nitrogens is 3. The lowest BCUT2D eigenvalue weighted by Crippen LogP contribution is -2.19. The van der Waals surface area contributed by atoms with Gasteiger partial charge >= 0.3 is 12.1 Å². The van der Waals surface area contributed by atoms with E-state index in [-0.39, 0.29) is 18.9 Å². The van der Waals surface area contributed by atoms with Crippen molar-refractivity contribution in [1.29, 1.82) is 0 Å². The van der Waals surface area contributed by atoms with Crippen LogP contribution in [-0.4, -0.2) is 27.6 Å². The van der Waals surface area contributed by atoms with Crippen molar-refractivity contribution < 1.29 is 27.1 Å². The molecule has 0 fully saturated rings. The number of nitrogens with zero attached hydrogens (tertiary/aromatic N) is 3. The third-order valence-corrected chi connectivity index (χ3v) is 2.57. The lowest BCUT2D eigenvalue weighted by molar-refractivity contribution is -0.144. The SMILES string of the molecule is CCOC(=O)c1nnn(Cc2ccc(C)o2)c1C(F)(F)F. The topological polar surface area (TPSA) is 70.2 Å². The van der Waals surface area contributed by atoms with Crippen LogP contribution in [0, 0.1) is 6.92 Å². The Bertz CT molecular complexity index is 646. The van der Waals surface area contributed by atoms with Crippen LogP contribution in [0.3, 0.4) is 0 Å². The molecule has 0 aliphatic heterocycles. The number of hydrogen-bond acceptors (Lipinski definition) is 5. The number of carbonyl (C=O) groups excluding carboxylic acids is 1. The maximum atomic E-state index is 13.1. The minimum Gasteiger partial charge on any atom is -0.464 e. The molecule has 0 saturated heterocycles. The summed E-state index contributed by atoms with van der Waals surface area (Å²) in [6.07, 6.45) is -4.78. The van der Waals surface area contributed by atoms with Crippen molar-refractivity contribution in [2.24, 2.45) is 0 Å². The summed E-state index contributed by atoms with van der Waals surface area (Å²) in [4.78, 5) is 11.5. The Balaban J connectivity index is 2.39. The summed E-state index contributed by atoms with van der Waals surface area (Å²) in [6, 6.07) is 3.15. The fourth-order valence-corrected chi connectivity index (χ4v) is 1.76. The van der Waals surface area contributed by atoms with Gasteiger partial charge in [0.15, 0.2) is 5.69 Å². The Kier molecular flexibility index (Phi) is 4.01. The average molecular weight is 303 g/mol. The van der Waals surface area contributed by atoms with Crippen molar-refractivity contribution in [3.05, 3.63) is 35.0 Å². The van der Waals surface area contributed by atoms with Gasteiger partial charge in [-0.2, -0.15) is 13.2 Å². The van der Waals surface area contributed by atoms with Gasteiger partial charge in [-0.3, -0.25) is 0 Å². The van der Waals surface area contributed by atoms with E-state index in [1.807, 2.05) is 0 Å². The van der Waals surface area contributed by atoms with Crippen LogP contribution >= 0.6 is 0 Å². The monoisotopic (exact) mass is 303 g/mol. The lowest BCUT2D eigenvalue weighted by atomic mass is 10.3. The van der Waals surface area contributed by atoms with Crippen molar-refractivity contribution in [3.63, 3.8) is 0 Å². The summed E-state index contributed by atoms with van der Waals surface area (Å²) in [5.41, 5.74) is -2.11. The van der Waals surface area contributed by atoms with Crippen LogP contribution in [0.15, 0.2) is 16.5 Å². The number of furan rings is 1. The second-order valence-corrected chi connectivity index (χ2v) is 4.17. The van der Waals surface area contributed by atoms with E-state index in [0.717, 1.165) is 0 Å². The van der Waals surface area contributed by atoms with Crippen molar-refractivity contribution >= 4 is 5.97 Å². The molecule has 21 heavy (non-hydrogen) atoms. The molecule has 0 bridgehead atoms. The van der Waals surface area contributed by atoms with Crippen LogP contribution in [0.4, 0.5) is 13.2 Å². The summed E-state index contributed by atoms with van der Waals surface area (Å²) in [5, 5.41) is 6.66. The summed E-state index contributed by atoms with van der Waals surface area (Å²) in [5.74, 6) is -0.325. The van der Waals surface area contributed by atoms with E-state index in [9.17, 15) is 18.0 Å². The van der Waals surface area contributed by atoms with Crippen LogP contribution < -0.4 is 0 Å². The van der Waals surface area contributed by atoms with E-state index >= 15 is 0 Å². The zero-order valence-corrected chi connectivity index (χ0v) is 11.3. The standard InChI is InChI=1S/C12H12F3N3O3/c1-3-20-11(19)9-10(12(13,14)15)18(17-16-9)6-8-5-4-7(2)21-8/h4-5H,3,6H2,1-2H3. The highest BCUT2D eigenvalue weighted by Gasteiger charge is 2.42. The minimum atomic E-state index is -4.78. The number of rotatable bonds is 4. The molecule has 0 amide bonds. The highest BCUT2D eigenvalue weighted by Crippen LogP contribution is 2.31. The molecular weight excluding hydrogens is 291 g/mol. The van der Waals surface area contributed by atoms with Crippen LogP contribution in [0.5, 0.6) is 0 Å². The zero-order valence-electron chi connectivity index (χ0n) is 11.3. The summed E-state index contributed by atoms with van der Waals surface area (Å²) in [6.45, 7) is 2.82. The lowest BCUT2D eigenvalue weighted by Gasteiger charge is -2.09. The molecule has 0 aliphatic rings. The molecule has 114 valence electrons. The number of halogens is 3. The van der Waals surface area contributed by atoms with Gasteiger partial charge in [0.05, 0.1) is 6.61 Å². The smallest absolute Gasteiger partial charge is 0.435 e. The van der Waals surface area contributed by atoms with E-state index in [1.54, 1.807) is 13.0 Å². The van der Waals surface area contributed by atoms with E-state index in [1.165, 1.54) is 13.0 Å². The molecule has 0 saturated carbocycles. The van der Waals surface area contributed by atoms with Gasteiger partial charge in [0.25, 0.3) is 0 Å². The third kappa shape index (κ3) is 3.23. The van der Waals surface area contributed by atoms with E-state index in [4.69, 9.17) is 4.42 Å². The molecule has 0 atom stereocenters. The Labute approximate surface area is 117 Å². The molecule has 2 rings (SSSR count). The van der Waals surface area contributed by atoms with Gasteiger partial charge in [-0.1, -0.05) is 5.21 Å². The molecular formula is C12H12F3N3O3. The highest BCUT2D eigenvalue weighted by atomic mass is 19.4. The molecule has 0 N–H and O–H groups in total. The quantitative estimate of drug-likeness (QED) is 0.811. The molecule has 0 unspecified atom stereocenters. The van der Waals surface area contributed by atoms with Gasteiger partial charge < -0.3 is 9.15 Å². The molecule has 2 heterocycles. The zero-order chi connectivity index (χ0) is 15.6. The molecule has 0 aliphatic carbocycles. The van der Waals surface area contributed by atoms with Crippen molar-refractivity contribution in [2.45, 2.75) is 26.6 Å². The molecule has 2 aromatic rings. The third-order valence-electron chi connectivity index (χ3n) is 2.57. The van der Waals surface area contributed by atoms with Crippen LogP contribution in [-0.2, 0) is 17.5 Å². The summed E-state index contributed by atoms with van der Waals surface area (Å²) in [7, 11) is 0. The molecule has 0 aromatic carbocycles. The Morgan fingerprint density at radius 2 is 2.14 bits per heavy atom. The average Bonchev–Trinajstić information content (AvgIpc) is 2.96. The number of alkyl halides is 3. The number of esters is 1. The van der Waals surface area contributed by atoms with Crippen LogP contribution in [0.2, 0.25) is 0 Å². The van der Waals surface area contributed by atoms with Crippen molar-refractivity contribution in [3.8, 4) is 0 Å². The predicted octanol–water partition coefficient (Wildman–Crippen LogP) is 2.42. The number of hydrogen-bond donors (Lipinski definition) is 0. The van der Waals surface area contributed by atoms with E-state index < -0.39 is 23.5 Å². The van der Waals surface area contributed by atoms with Crippen molar-refractivity contribution in [1.82, 2.24) is 15.0 Å². The van der Waals surface area contributed by atoms with Gasteiger partial charge in [-0.15, -0.1) is 5.10 Å². The first-order valence-corrected chi connectivity index (χ1v) is 6.06. The summed E-state index contributed by atoms with van der Waals surface area (Å²) >= 11 is 0. The molecule has 9 heteroatoms. The summed E-state index contributed by atoms with van der Waals surface area (Å²) < 4.78 is 49.7. The second kappa shape index (κ2) is 5.58. The van der Waals surface area contributed by atoms with Gasteiger partial charge in [-0.25, -0.2) is 9.48 Å². The molecule has 2 aromatic heterocycles. The van der Waals surface area contributed by atoms with Gasteiger partial charge in [0.2, 0.25) is 5.69 Å². The Morgan fingerprint density at radius 1 is 1.43 bits per heavy atom. The number of ether oxygens (including phenoxy) is 1. The van der Waals surface area contributed by atoms with Crippen molar-refractivity contribution in [2.75, 3.05) is 6.61 Å². The highest BCUT2D eigenvalue weighted by molar-refractivity contribution is 5.88. The first kappa shape index (κ1) is 15.1. The maximum absolute atomic E-state index is 13.1. The van der Waals surface area contributed by atoms with Gasteiger partial charge in [0, 0.05) is 0 Å². The van der Waals surface area contributed by atoms with Crippen LogP contribution in [0.25, 0.3) is 0 Å². The first-order valence-electron chi connectivity index (χ1n) is 6.06. The fourth-order valence-electron chi connectivity index (χ4n) is 1.76. The Morgan fingerprint density at radius 3 is 2.67 bits per heavy atom. The second-order valence-electron chi connectivity index (χ2n) is 4.17. The normalized spacial score (nSPS) is 11.7. The van der Waals surface area contributed by atoms with E-state index in [0.29, 0.717) is 10.4 Å². The maximum Gasteiger partial charge on any atom is 0.435 e. The Hall–Kier alpha value is -2.32. The predicted molar refractivity (Wildman–Crippen MR) is 63.5 cm³/mol. The molecule has 6 nitrogen and oxygen atoms in total. The largest absolute Gasteiger partial charge is 0.464 e. The number of carbonyl (C=O) groups is 1. The van der Waals surface area contributed by atoms with Gasteiger partial charge in [0.1, 0.15) is 18.1 Å². The minimum absolute atomic E-state index is 0.0552. The van der Waals surface area contributed by atoms with Crippen LogP contribution in [0.1, 0.15) is 34.6 Å². The molecule has 0 spiro atoms. The van der Waals surface area contributed by atoms with E-state index in [2.05, 4.69) is 15.0 Å².